The average Bonchev–Trinajstić information content (AvgIpc) is 2.80. The number of halogens is 1. The Bertz CT molecular complexity index is 1100. The molecule has 0 saturated carbocycles. The molecule has 160 valence electrons. The topological polar surface area (TPSA) is 67.7 Å². The van der Waals surface area contributed by atoms with Gasteiger partial charge in [-0.3, -0.25) is 0 Å². The van der Waals surface area contributed by atoms with Crippen LogP contribution in [-0.2, 0) is 0 Å². The smallest absolute Gasteiger partial charge is 0.206 e. The summed E-state index contributed by atoms with van der Waals surface area (Å²) in [5.74, 6) is 1.04. The summed E-state index contributed by atoms with van der Waals surface area (Å²) in [7, 11) is 1.63. The third-order valence-corrected chi connectivity index (χ3v) is 5.45. The lowest BCUT2D eigenvalue weighted by Crippen LogP contribution is -2.87. The number of ether oxygens (including phenoxy) is 2. The summed E-state index contributed by atoms with van der Waals surface area (Å²) in [6.07, 6.45) is 0.257. The van der Waals surface area contributed by atoms with Gasteiger partial charge >= 0.3 is 0 Å². The van der Waals surface area contributed by atoms with Gasteiger partial charge in [-0.05, 0) is 48.9 Å². The molecule has 0 amide bonds. The standard InChI is InChI=1S/C25H25FN2O3/c1-3-31-23-12-6-11-20(24(23)29)22-15-21(16-7-5-10-19(14-16)30-2)27-25(28-22)17-8-4-9-18(26)13-17/h4-14,22,25,28-29H,3,15H2,1-2H3/p+1. The summed E-state index contributed by atoms with van der Waals surface area (Å²) in [6, 6.07) is 19.7. The predicted molar refractivity (Wildman–Crippen MR) is 117 cm³/mol. The lowest BCUT2D eigenvalue weighted by atomic mass is 9.93. The van der Waals surface area contributed by atoms with Crippen molar-refractivity contribution in [2.45, 2.75) is 25.6 Å². The molecule has 4 rings (SSSR count). The highest BCUT2D eigenvalue weighted by atomic mass is 19.1. The van der Waals surface area contributed by atoms with Gasteiger partial charge in [0.25, 0.3) is 0 Å². The Balaban J connectivity index is 1.77. The van der Waals surface area contributed by atoms with E-state index in [1.54, 1.807) is 19.2 Å². The molecule has 3 aromatic carbocycles. The van der Waals surface area contributed by atoms with E-state index in [0.717, 1.165) is 28.2 Å². The minimum absolute atomic E-state index is 0.118. The molecule has 0 fully saturated rings. The van der Waals surface area contributed by atoms with Crippen LogP contribution in [0.3, 0.4) is 0 Å². The Kier molecular flexibility index (Phi) is 6.18. The van der Waals surface area contributed by atoms with Crippen LogP contribution < -0.4 is 14.8 Å². The molecule has 2 atom stereocenters. The van der Waals surface area contributed by atoms with Crippen molar-refractivity contribution in [3.8, 4) is 17.2 Å². The number of aliphatic imine (C=N–C) groups is 1. The van der Waals surface area contributed by atoms with Gasteiger partial charge < -0.3 is 19.9 Å². The number of rotatable bonds is 6. The van der Waals surface area contributed by atoms with Gasteiger partial charge in [0, 0.05) is 12.0 Å². The first kappa shape index (κ1) is 20.9. The van der Waals surface area contributed by atoms with Crippen LogP contribution in [0.1, 0.15) is 42.2 Å². The second kappa shape index (κ2) is 9.18. The molecule has 3 N–H and O–H groups in total. The summed E-state index contributed by atoms with van der Waals surface area (Å²) in [5, 5.41) is 12.9. The Hall–Kier alpha value is -3.38. The van der Waals surface area contributed by atoms with Crippen LogP contribution in [0.15, 0.2) is 71.7 Å². The largest absolute Gasteiger partial charge is 0.504 e. The number of quaternary nitrogens is 1. The predicted octanol–water partition coefficient (Wildman–Crippen LogP) is 4.13. The maximum Gasteiger partial charge on any atom is 0.206 e. The highest BCUT2D eigenvalue weighted by Gasteiger charge is 2.32. The SMILES string of the molecule is CCOc1cccc(C2CC(c3cccc(OC)c3)=NC(c3cccc(F)c3)[NH2+]2)c1O. The average molecular weight is 421 g/mol. The molecule has 6 heteroatoms. The third-order valence-electron chi connectivity index (χ3n) is 5.45. The van der Waals surface area contributed by atoms with Crippen molar-refractivity contribution in [2.24, 2.45) is 4.99 Å². The van der Waals surface area contributed by atoms with Gasteiger partial charge in [0.2, 0.25) is 6.17 Å². The second-order valence-corrected chi connectivity index (χ2v) is 7.44. The van der Waals surface area contributed by atoms with E-state index in [2.05, 4.69) is 5.32 Å². The zero-order chi connectivity index (χ0) is 21.8. The minimum Gasteiger partial charge on any atom is -0.504 e. The lowest BCUT2D eigenvalue weighted by Gasteiger charge is -2.28. The maximum absolute atomic E-state index is 13.9. The number of benzene rings is 3. The molecule has 0 radical (unpaired) electrons. The van der Waals surface area contributed by atoms with Crippen LogP contribution in [0.2, 0.25) is 0 Å². The molecule has 0 aromatic heterocycles. The van der Waals surface area contributed by atoms with E-state index in [0.29, 0.717) is 18.8 Å². The van der Waals surface area contributed by atoms with E-state index in [-0.39, 0.29) is 23.8 Å². The van der Waals surface area contributed by atoms with E-state index in [1.165, 1.54) is 12.1 Å². The van der Waals surface area contributed by atoms with Crippen LogP contribution in [0.5, 0.6) is 17.2 Å². The number of nitrogens with zero attached hydrogens (tertiary/aromatic N) is 1. The van der Waals surface area contributed by atoms with Gasteiger partial charge in [-0.25, -0.2) is 9.38 Å². The van der Waals surface area contributed by atoms with Gasteiger partial charge in [0.15, 0.2) is 11.5 Å². The van der Waals surface area contributed by atoms with Crippen LogP contribution in [0.4, 0.5) is 4.39 Å². The zero-order valence-electron chi connectivity index (χ0n) is 17.6. The summed E-state index contributed by atoms with van der Waals surface area (Å²) >= 11 is 0. The van der Waals surface area contributed by atoms with Crippen LogP contribution in [-0.4, -0.2) is 24.5 Å². The number of phenols is 1. The van der Waals surface area contributed by atoms with Crippen molar-refractivity contribution >= 4 is 5.71 Å². The fraction of sp³-hybridized carbons (Fsp3) is 0.240. The number of nitrogens with two attached hydrogens (primary N) is 1. The Morgan fingerprint density at radius 1 is 1.10 bits per heavy atom. The monoisotopic (exact) mass is 421 g/mol. The lowest BCUT2D eigenvalue weighted by molar-refractivity contribution is -0.735. The quantitative estimate of drug-likeness (QED) is 0.629. The fourth-order valence-corrected chi connectivity index (χ4v) is 3.96. The highest BCUT2D eigenvalue weighted by Crippen LogP contribution is 2.36. The Labute approximate surface area is 181 Å². The van der Waals surface area contributed by atoms with Crippen molar-refractivity contribution in [2.75, 3.05) is 13.7 Å². The Morgan fingerprint density at radius 2 is 1.90 bits per heavy atom. The van der Waals surface area contributed by atoms with Crippen molar-refractivity contribution in [3.05, 3.63) is 89.2 Å². The molecule has 5 nitrogen and oxygen atoms in total. The minimum atomic E-state index is -0.342. The first-order valence-electron chi connectivity index (χ1n) is 10.3. The van der Waals surface area contributed by atoms with Gasteiger partial charge in [-0.15, -0.1) is 0 Å². The van der Waals surface area contributed by atoms with Crippen LogP contribution in [0.25, 0.3) is 0 Å². The number of para-hydroxylation sites is 1. The molecule has 3 aromatic rings. The van der Waals surface area contributed by atoms with Crippen molar-refractivity contribution in [1.29, 1.82) is 0 Å². The van der Waals surface area contributed by atoms with Crippen LogP contribution >= 0.6 is 0 Å². The van der Waals surface area contributed by atoms with Gasteiger partial charge in [0.1, 0.15) is 17.6 Å². The first-order chi connectivity index (χ1) is 15.1. The number of phenolic OH excluding ortho intramolecular Hbond substituents is 1. The van der Waals surface area contributed by atoms with Gasteiger partial charge in [0.05, 0.1) is 25.0 Å². The van der Waals surface area contributed by atoms with Crippen LogP contribution in [0, 0.1) is 5.82 Å². The first-order valence-corrected chi connectivity index (χ1v) is 10.3. The second-order valence-electron chi connectivity index (χ2n) is 7.44. The number of methoxy groups -OCH3 is 1. The van der Waals surface area contributed by atoms with E-state index in [9.17, 15) is 9.50 Å². The third kappa shape index (κ3) is 4.54. The molecule has 0 spiro atoms. The van der Waals surface area contributed by atoms with Gasteiger partial charge in [-0.1, -0.05) is 30.3 Å². The molecule has 1 aliphatic rings. The zero-order valence-corrected chi connectivity index (χ0v) is 17.6. The molecule has 0 aliphatic carbocycles. The maximum atomic E-state index is 13.9. The number of hydrogen-bond donors (Lipinski definition) is 2. The molecule has 1 heterocycles. The van der Waals surface area contributed by atoms with Crippen molar-refractivity contribution in [1.82, 2.24) is 0 Å². The molecule has 1 aliphatic heterocycles. The fourth-order valence-electron chi connectivity index (χ4n) is 3.96. The molecule has 0 saturated heterocycles. The summed E-state index contributed by atoms with van der Waals surface area (Å²) < 4.78 is 24.9. The van der Waals surface area contributed by atoms with Gasteiger partial charge in [-0.2, -0.15) is 0 Å². The Morgan fingerprint density at radius 3 is 2.68 bits per heavy atom. The van der Waals surface area contributed by atoms with E-state index < -0.39 is 0 Å². The normalized spacial score (nSPS) is 18.4. The number of hydrogen-bond acceptors (Lipinski definition) is 4. The number of aromatic hydroxyl groups is 1. The molecular weight excluding hydrogens is 395 g/mol. The van der Waals surface area contributed by atoms with Crippen molar-refractivity contribution in [3.63, 3.8) is 0 Å². The molecule has 2 unspecified atom stereocenters. The van der Waals surface area contributed by atoms with E-state index >= 15 is 0 Å². The molecular formula is C25H26FN2O3+. The van der Waals surface area contributed by atoms with E-state index in [1.807, 2.05) is 49.4 Å². The summed E-state index contributed by atoms with van der Waals surface area (Å²) in [5.41, 5.74) is 3.36. The molecule has 0 bridgehead atoms. The van der Waals surface area contributed by atoms with Crippen molar-refractivity contribution < 1.29 is 24.3 Å². The highest BCUT2D eigenvalue weighted by molar-refractivity contribution is 6.01. The molecule has 31 heavy (non-hydrogen) atoms. The van der Waals surface area contributed by atoms with E-state index in [4.69, 9.17) is 14.5 Å². The summed E-state index contributed by atoms with van der Waals surface area (Å²) in [4.78, 5) is 4.93. The summed E-state index contributed by atoms with van der Waals surface area (Å²) in [6.45, 7) is 2.35.